The number of para-hydroxylation sites is 1. The molecule has 6 heteroatoms. The van der Waals surface area contributed by atoms with Crippen LogP contribution in [-0.4, -0.2) is 25.0 Å². The molecule has 2 aromatic carbocycles. The van der Waals surface area contributed by atoms with Crippen molar-refractivity contribution in [3.63, 3.8) is 0 Å². The van der Waals surface area contributed by atoms with Crippen LogP contribution in [0.5, 0.6) is 5.75 Å². The number of nitrogens with zero attached hydrogens (tertiary/aromatic N) is 2. The van der Waals surface area contributed by atoms with E-state index in [4.69, 9.17) is 4.74 Å². The average molecular weight is 349 g/mol. The van der Waals surface area contributed by atoms with Gasteiger partial charge in [-0.1, -0.05) is 12.1 Å². The zero-order valence-corrected chi connectivity index (χ0v) is 14.4. The van der Waals surface area contributed by atoms with Crippen LogP contribution in [-0.2, 0) is 9.59 Å². The molecule has 1 N–H and O–H groups in total. The largest absolute Gasteiger partial charge is 0.494 e. The number of anilines is 2. The van der Waals surface area contributed by atoms with Crippen LogP contribution in [0.1, 0.15) is 18.9 Å². The highest BCUT2D eigenvalue weighted by atomic mass is 16.5. The highest BCUT2D eigenvalue weighted by molar-refractivity contribution is 6.04. The van der Waals surface area contributed by atoms with E-state index in [0.717, 1.165) is 5.75 Å². The highest BCUT2D eigenvalue weighted by Crippen LogP contribution is 2.28. The molecule has 2 amide bonds. The minimum Gasteiger partial charge on any atom is -0.494 e. The summed E-state index contributed by atoms with van der Waals surface area (Å²) in [7, 11) is 0. The molecule has 1 aliphatic rings. The standard InChI is InChI=1S/C20H19N3O3/c1-2-26-17-9-7-16(8-10-17)22-20(25)15-11-19(24)23(13-15)18-6-4-3-5-14(18)12-21/h3-10,15H,2,11,13H2,1H3,(H,22,25). The first-order valence-corrected chi connectivity index (χ1v) is 8.45. The van der Waals surface area contributed by atoms with Gasteiger partial charge in [-0.3, -0.25) is 9.59 Å². The number of nitrogens with one attached hydrogen (secondary N) is 1. The Balaban J connectivity index is 1.68. The number of benzene rings is 2. The Hall–Kier alpha value is -3.33. The average Bonchev–Trinajstić information content (AvgIpc) is 3.05. The Morgan fingerprint density at radius 2 is 2.00 bits per heavy atom. The molecule has 26 heavy (non-hydrogen) atoms. The van der Waals surface area contributed by atoms with Gasteiger partial charge in [0.05, 0.1) is 23.8 Å². The van der Waals surface area contributed by atoms with E-state index in [1.54, 1.807) is 48.5 Å². The first-order valence-electron chi connectivity index (χ1n) is 8.45. The maximum atomic E-state index is 12.5. The lowest BCUT2D eigenvalue weighted by Crippen LogP contribution is -2.28. The second kappa shape index (κ2) is 7.70. The van der Waals surface area contributed by atoms with Gasteiger partial charge in [0.2, 0.25) is 11.8 Å². The van der Waals surface area contributed by atoms with Crippen molar-refractivity contribution in [1.82, 2.24) is 0 Å². The van der Waals surface area contributed by atoms with Gasteiger partial charge >= 0.3 is 0 Å². The van der Waals surface area contributed by atoms with Gasteiger partial charge in [0.25, 0.3) is 0 Å². The summed E-state index contributed by atoms with van der Waals surface area (Å²) in [5.74, 6) is -0.0827. The van der Waals surface area contributed by atoms with Gasteiger partial charge < -0.3 is 15.0 Å². The van der Waals surface area contributed by atoms with Crippen molar-refractivity contribution >= 4 is 23.2 Å². The smallest absolute Gasteiger partial charge is 0.229 e. The van der Waals surface area contributed by atoms with Crippen LogP contribution < -0.4 is 15.0 Å². The number of hydrogen-bond donors (Lipinski definition) is 1. The number of nitriles is 1. The summed E-state index contributed by atoms with van der Waals surface area (Å²) in [6.07, 6.45) is 0.128. The lowest BCUT2D eigenvalue weighted by molar-refractivity contribution is -0.122. The Bertz CT molecular complexity index is 855. The molecule has 0 aliphatic carbocycles. The van der Waals surface area contributed by atoms with Crippen molar-refractivity contribution in [3.05, 3.63) is 54.1 Å². The Morgan fingerprint density at radius 1 is 1.27 bits per heavy atom. The molecule has 0 aromatic heterocycles. The van der Waals surface area contributed by atoms with Crippen LogP contribution in [0.4, 0.5) is 11.4 Å². The zero-order chi connectivity index (χ0) is 18.5. The van der Waals surface area contributed by atoms with Gasteiger partial charge in [0.15, 0.2) is 0 Å². The molecule has 1 unspecified atom stereocenters. The normalized spacial score (nSPS) is 16.2. The van der Waals surface area contributed by atoms with Crippen molar-refractivity contribution in [3.8, 4) is 11.8 Å². The molecule has 3 rings (SSSR count). The van der Waals surface area contributed by atoms with Gasteiger partial charge in [-0.25, -0.2) is 0 Å². The number of carbonyl (C=O) groups excluding carboxylic acids is 2. The Morgan fingerprint density at radius 3 is 2.69 bits per heavy atom. The van der Waals surface area contributed by atoms with Crippen LogP contribution >= 0.6 is 0 Å². The van der Waals surface area contributed by atoms with Crippen molar-refractivity contribution in [1.29, 1.82) is 5.26 Å². The van der Waals surface area contributed by atoms with Crippen molar-refractivity contribution in [2.75, 3.05) is 23.4 Å². The van der Waals surface area contributed by atoms with Crippen molar-refractivity contribution in [2.45, 2.75) is 13.3 Å². The summed E-state index contributed by atoms with van der Waals surface area (Å²) in [6.45, 7) is 2.75. The first kappa shape index (κ1) is 17.5. The zero-order valence-electron chi connectivity index (χ0n) is 14.4. The molecule has 0 spiro atoms. The summed E-state index contributed by atoms with van der Waals surface area (Å²) in [4.78, 5) is 26.4. The lowest BCUT2D eigenvalue weighted by Gasteiger charge is -2.18. The van der Waals surface area contributed by atoms with Gasteiger partial charge in [-0.2, -0.15) is 5.26 Å². The topological polar surface area (TPSA) is 82.4 Å². The van der Waals surface area contributed by atoms with Gasteiger partial charge in [0.1, 0.15) is 11.8 Å². The predicted octanol–water partition coefficient (Wildman–Crippen LogP) is 2.95. The second-order valence-corrected chi connectivity index (χ2v) is 5.98. The lowest BCUT2D eigenvalue weighted by atomic mass is 10.1. The fourth-order valence-corrected chi connectivity index (χ4v) is 2.97. The van der Waals surface area contributed by atoms with E-state index < -0.39 is 5.92 Å². The van der Waals surface area contributed by atoms with Gasteiger partial charge in [-0.05, 0) is 43.3 Å². The van der Waals surface area contributed by atoms with Crippen LogP contribution in [0.3, 0.4) is 0 Å². The highest BCUT2D eigenvalue weighted by Gasteiger charge is 2.36. The van der Waals surface area contributed by atoms with E-state index >= 15 is 0 Å². The second-order valence-electron chi connectivity index (χ2n) is 5.98. The Labute approximate surface area is 152 Å². The Kier molecular flexibility index (Phi) is 5.18. The number of amides is 2. The minimum atomic E-state index is -0.458. The molecule has 0 radical (unpaired) electrons. The van der Waals surface area contributed by atoms with Crippen molar-refractivity contribution in [2.24, 2.45) is 5.92 Å². The molecule has 1 atom stereocenters. The third kappa shape index (κ3) is 3.67. The monoisotopic (exact) mass is 349 g/mol. The van der Waals surface area contributed by atoms with Gasteiger partial charge in [0, 0.05) is 18.7 Å². The van der Waals surface area contributed by atoms with E-state index in [-0.39, 0.29) is 24.8 Å². The molecule has 1 saturated heterocycles. The van der Waals surface area contributed by atoms with Crippen LogP contribution in [0.2, 0.25) is 0 Å². The third-order valence-corrected chi connectivity index (χ3v) is 4.24. The fraction of sp³-hybridized carbons (Fsp3) is 0.250. The molecule has 2 aromatic rings. The molecule has 0 saturated carbocycles. The molecule has 1 aliphatic heterocycles. The molecular weight excluding hydrogens is 330 g/mol. The molecular formula is C20H19N3O3. The quantitative estimate of drug-likeness (QED) is 0.900. The van der Waals surface area contributed by atoms with Crippen molar-refractivity contribution < 1.29 is 14.3 Å². The number of ether oxygens (including phenoxy) is 1. The molecule has 1 heterocycles. The van der Waals surface area contributed by atoms with E-state index in [0.29, 0.717) is 23.5 Å². The summed E-state index contributed by atoms with van der Waals surface area (Å²) < 4.78 is 5.37. The summed E-state index contributed by atoms with van der Waals surface area (Å²) in [6, 6.07) is 16.1. The van der Waals surface area contributed by atoms with E-state index in [9.17, 15) is 14.9 Å². The van der Waals surface area contributed by atoms with Gasteiger partial charge in [-0.15, -0.1) is 0 Å². The van der Waals surface area contributed by atoms with E-state index in [2.05, 4.69) is 11.4 Å². The maximum Gasteiger partial charge on any atom is 0.229 e. The fourth-order valence-electron chi connectivity index (χ4n) is 2.97. The number of hydrogen-bond acceptors (Lipinski definition) is 4. The van der Waals surface area contributed by atoms with Crippen LogP contribution in [0.15, 0.2) is 48.5 Å². The number of carbonyl (C=O) groups is 2. The summed E-state index contributed by atoms with van der Waals surface area (Å²) in [5.41, 5.74) is 1.63. The van der Waals surface area contributed by atoms with E-state index in [1.807, 2.05) is 6.92 Å². The molecule has 6 nitrogen and oxygen atoms in total. The maximum absolute atomic E-state index is 12.5. The predicted molar refractivity (Wildman–Crippen MR) is 97.9 cm³/mol. The number of rotatable bonds is 5. The molecule has 1 fully saturated rings. The summed E-state index contributed by atoms with van der Waals surface area (Å²) in [5, 5.41) is 12.1. The molecule has 132 valence electrons. The van der Waals surface area contributed by atoms with E-state index in [1.165, 1.54) is 4.90 Å². The van der Waals surface area contributed by atoms with Crippen LogP contribution in [0.25, 0.3) is 0 Å². The molecule has 0 bridgehead atoms. The third-order valence-electron chi connectivity index (χ3n) is 4.24. The van der Waals surface area contributed by atoms with Crippen LogP contribution in [0, 0.1) is 17.2 Å². The summed E-state index contributed by atoms with van der Waals surface area (Å²) >= 11 is 0. The minimum absolute atomic E-state index is 0.128. The SMILES string of the molecule is CCOc1ccc(NC(=O)C2CC(=O)N(c3ccccc3C#N)C2)cc1. The first-order chi connectivity index (χ1) is 12.6.